The highest BCUT2D eigenvalue weighted by Gasteiger charge is 2.25. The molecule has 1 aromatic carbocycles. The Morgan fingerprint density at radius 1 is 1.35 bits per heavy atom. The third kappa shape index (κ3) is 4.62. The number of hydrogen-bond acceptors (Lipinski definition) is 5. The lowest BCUT2D eigenvalue weighted by Crippen LogP contribution is -2.38. The number of carbonyl (C=O) groups is 1. The molecule has 1 aliphatic heterocycles. The number of nitrogens with zero attached hydrogens (tertiary/aromatic N) is 3. The number of aryl methyl sites for hydroxylation is 2. The molecule has 6 nitrogen and oxygen atoms in total. The molecule has 0 spiro atoms. The Morgan fingerprint density at radius 2 is 2.15 bits per heavy atom. The molecule has 0 saturated carbocycles. The van der Waals surface area contributed by atoms with Gasteiger partial charge in [-0.25, -0.2) is 0 Å². The van der Waals surface area contributed by atoms with Gasteiger partial charge in [-0.15, -0.1) is 0 Å². The van der Waals surface area contributed by atoms with Gasteiger partial charge in [0.1, 0.15) is 5.75 Å². The average Bonchev–Trinajstić information content (AvgIpc) is 3.19. The van der Waals surface area contributed by atoms with Crippen LogP contribution in [-0.2, 0) is 11.2 Å². The molecule has 0 bridgehead atoms. The van der Waals surface area contributed by atoms with Crippen LogP contribution < -0.4 is 4.74 Å². The first-order valence-corrected chi connectivity index (χ1v) is 9.43. The summed E-state index contributed by atoms with van der Waals surface area (Å²) in [4.78, 5) is 18.5. The van der Waals surface area contributed by atoms with E-state index in [0.29, 0.717) is 18.9 Å². The first kappa shape index (κ1) is 18.4. The van der Waals surface area contributed by atoms with E-state index in [4.69, 9.17) is 9.26 Å². The van der Waals surface area contributed by atoms with E-state index in [2.05, 4.69) is 29.2 Å². The second kappa shape index (κ2) is 8.83. The van der Waals surface area contributed by atoms with Crippen molar-refractivity contribution in [1.29, 1.82) is 0 Å². The molecular weight excluding hydrogens is 330 g/mol. The summed E-state index contributed by atoms with van der Waals surface area (Å²) in [6.45, 7) is 6.29. The van der Waals surface area contributed by atoms with Gasteiger partial charge < -0.3 is 14.2 Å². The fourth-order valence-electron chi connectivity index (χ4n) is 3.53. The van der Waals surface area contributed by atoms with Crippen molar-refractivity contribution in [1.82, 2.24) is 15.0 Å². The van der Waals surface area contributed by atoms with Crippen LogP contribution in [0.3, 0.4) is 0 Å². The quantitative estimate of drug-likeness (QED) is 0.758. The van der Waals surface area contributed by atoms with E-state index in [1.54, 1.807) is 0 Å². The summed E-state index contributed by atoms with van der Waals surface area (Å²) in [5.74, 6) is 2.27. The van der Waals surface area contributed by atoms with Gasteiger partial charge in [-0.3, -0.25) is 4.79 Å². The number of piperidine rings is 1. The number of hydrogen-bond donors (Lipinski definition) is 0. The first-order valence-electron chi connectivity index (χ1n) is 9.43. The molecule has 0 radical (unpaired) electrons. The Morgan fingerprint density at radius 3 is 2.81 bits per heavy atom. The summed E-state index contributed by atoms with van der Waals surface area (Å²) in [5.41, 5.74) is 2.41. The Labute approximate surface area is 154 Å². The smallest absolute Gasteiger partial charge is 0.222 e. The maximum atomic E-state index is 12.4. The molecule has 2 heterocycles. The normalized spacial score (nSPS) is 15.2. The van der Waals surface area contributed by atoms with Crippen molar-refractivity contribution in [2.24, 2.45) is 0 Å². The highest BCUT2D eigenvalue weighted by atomic mass is 16.5. The topological polar surface area (TPSA) is 68.5 Å². The van der Waals surface area contributed by atoms with Gasteiger partial charge in [0.25, 0.3) is 0 Å². The Kier molecular flexibility index (Phi) is 6.26. The molecule has 0 atom stereocenters. The predicted molar refractivity (Wildman–Crippen MR) is 98.1 cm³/mol. The Bertz CT molecular complexity index is 707. The molecule has 1 fully saturated rings. The van der Waals surface area contributed by atoms with Gasteiger partial charge in [0.05, 0.1) is 6.61 Å². The number of ether oxygens (including phenoxy) is 1. The van der Waals surface area contributed by atoms with Gasteiger partial charge in [0.2, 0.25) is 12.3 Å². The van der Waals surface area contributed by atoms with E-state index in [1.807, 2.05) is 17.9 Å². The number of aromatic nitrogens is 2. The fourth-order valence-corrected chi connectivity index (χ4v) is 3.53. The maximum Gasteiger partial charge on any atom is 0.222 e. The Balaban J connectivity index is 1.41. The number of carbonyl (C=O) groups excluding carboxylic acids is 1. The Hall–Kier alpha value is -2.37. The van der Waals surface area contributed by atoms with Crippen molar-refractivity contribution < 1.29 is 14.1 Å². The molecule has 0 aliphatic carbocycles. The van der Waals surface area contributed by atoms with Crippen molar-refractivity contribution in [2.45, 2.75) is 51.9 Å². The monoisotopic (exact) mass is 357 g/mol. The number of rotatable bonds is 7. The number of likely N-dealkylation sites (tertiary alicyclic amines) is 1. The van der Waals surface area contributed by atoms with E-state index in [0.717, 1.165) is 55.9 Å². The zero-order valence-electron chi connectivity index (χ0n) is 15.6. The van der Waals surface area contributed by atoms with Gasteiger partial charge in [-0.2, -0.15) is 4.98 Å². The lowest BCUT2D eigenvalue weighted by atomic mass is 9.96. The van der Waals surface area contributed by atoms with Crippen molar-refractivity contribution in [3.63, 3.8) is 0 Å². The molecular formula is C20H27N3O3. The van der Waals surface area contributed by atoms with E-state index in [9.17, 15) is 4.79 Å². The predicted octanol–water partition coefficient (Wildman–Crippen LogP) is 3.51. The molecule has 0 N–H and O–H groups in total. The minimum atomic E-state index is 0.249. The third-order valence-corrected chi connectivity index (χ3v) is 4.99. The summed E-state index contributed by atoms with van der Waals surface area (Å²) in [6, 6.07) is 6.28. The van der Waals surface area contributed by atoms with E-state index in [-0.39, 0.29) is 5.91 Å². The highest BCUT2D eigenvalue weighted by molar-refractivity contribution is 5.76. The lowest BCUT2D eigenvalue weighted by Gasteiger charge is -2.30. The second-order valence-electron chi connectivity index (χ2n) is 6.83. The minimum absolute atomic E-state index is 0.249. The van der Waals surface area contributed by atoms with Gasteiger partial charge in [0, 0.05) is 25.4 Å². The van der Waals surface area contributed by atoms with Crippen LogP contribution in [0.25, 0.3) is 0 Å². The van der Waals surface area contributed by atoms with Crippen molar-refractivity contribution in [2.75, 3.05) is 19.7 Å². The first-order chi connectivity index (χ1) is 12.7. The van der Waals surface area contributed by atoms with Gasteiger partial charge in [0.15, 0.2) is 5.82 Å². The molecule has 1 aromatic heterocycles. The molecule has 2 aromatic rings. The second-order valence-corrected chi connectivity index (χ2v) is 6.83. The molecule has 1 aliphatic rings. The number of amides is 1. The standard InChI is InChI=1S/C20H27N3O3/c1-3-25-18-8-7-16(13-15(18)2)5-4-6-19(24)23-11-9-17(10-12-23)20-21-14-26-22-20/h7-8,13-14,17H,3-6,9-12H2,1-2H3. The highest BCUT2D eigenvalue weighted by Crippen LogP contribution is 2.26. The van der Waals surface area contributed by atoms with E-state index in [1.165, 1.54) is 12.0 Å². The molecule has 1 saturated heterocycles. The SMILES string of the molecule is CCOc1ccc(CCCC(=O)N2CCC(c3ncon3)CC2)cc1C. The molecule has 6 heteroatoms. The van der Waals surface area contributed by atoms with Gasteiger partial charge in [-0.1, -0.05) is 17.3 Å². The van der Waals surface area contributed by atoms with Crippen LogP contribution >= 0.6 is 0 Å². The summed E-state index contributed by atoms with van der Waals surface area (Å²) < 4.78 is 10.4. The molecule has 3 rings (SSSR count). The summed E-state index contributed by atoms with van der Waals surface area (Å²) >= 11 is 0. The lowest BCUT2D eigenvalue weighted by molar-refractivity contribution is -0.132. The molecule has 0 unspecified atom stereocenters. The minimum Gasteiger partial charge on any atom is -0.494 e. The third-order valence-electron chi connectivity index (χ3n) is 4.99. The van der Waals surface area contributed by atoms with Crippen LogP contribution in [0.2, 0.25) is 0 Å². The van der Waals surface area contributed by atoms with Crippen LogP contribution in [0.4, 0.5) is 0 Å². The van der Waals surface area contributed by atoms with Gasteiger partial charge >= 0.3 is 0 Å². The van der Waals surface area contributed by atoms with Gasteiger partial charge in [-0.05, 0) is 56.7 Å². The van der Waals surface area contributed by atoms with E-state index >= 15 is 0 Å². The fraction of sp³-hybridized carbons (Fsp3) is 0.550. The molecule has 26 heavy (non-hydrogen) atoms. The van der Waals surface area contributed by atoms with Crippen LogP contribution in [0.5, 0.6) is 5.75 Å². The summed E-state index contributed by atoms with van der Waals surface area (Å²) in [5, 5.41) is 3.92. The van der Waals surface area contributed by atoms with Crippen molar-refractivity contribution in [3.8, 4) is 5.75 Å². The molecule has 140 valence electrons. The number of benzene rings is 1. The van der Waals surface area contributed by atoms with Crippen LogP contribution in [0.15, 0.2) is 29.1 Å². The van der Waals surface area contributed by atoms with Crippen molar-refractivity contribution in [3.05, 3.63) is 41.5 Å². The van der Waals surface area contributed by atoms with Crippen LogP contribution in [0.1, 0.15) is 55.5 Å². The average molecular weight is 357 g/mol. The summed E-state index contributed by atoms with van der Waals surface area (Å²) in [7, 11) is 0. The summed E-state index contributed by atoms with van der Waals surface area (Å²) in [6.07, 6.45) is 5.57. The van der Waals surface area contributed by atoms with Crippen LogP contribution in [-0.4, -0.2) is 40.6 Å². The molecule has 1 amide bonds. The van der Waals surface area contributed by atoms with E-state index < -0.39 is 0 Å². The zero-order valence-corrected chi connectivity index (χ0v) is 15.6. The maximum absolute atomic E-state index is 12.4. The van der Waals surface area contributed by atoms with Crippen LogP contribution in [0, 0.1) is 6.92 Å². The largest absolute Gasteiger partial charge is 0.494 e. The van der Waals surface area contributed by atoms with Crippen molar-refractivity contribution >= 4 is 5.91 Å². The zero-order chi connectivity index (χ0) is 18.4.